The lowest BCUT2D eigenvalue weighted by Gasteiger charge is -2.08. The second-order valence-electron chi connectivity index (χ2n) is 6.68. The van der Waals surface area contributed by atoms with Gasteiger partial charge >= 0.3 is 0 Å². The van der Waals surface area contributed by atoms with Crippen molar-refractivity contribution in [2.75, 3.05) is 0 Å². The van der Waals surface area contributed by atoms with Crippen molar-refractivity contribution in [1.82, 2.24) is 25.1 Å². The van der Waals surface area contributed by atoms with E-state index in [2.05, 4.69) is 26.5 Å². The largest absolute Gasteiger partial charge is 0.332 e. The second kappa shape index (κ2) is 7.36. The monoisotopic (exact) mass is 396 g/mol. The molecular formula is C23H15FN5O. The van der Waals surface area contributed by atoms with E-state index in [4.69, 9.17) is 4.52 Å². The molecule has 0 spiro atoms. The molecule has 6 nitrogen and oxygen atoms in total. The van der Waals surface area contributed by atoms with Crippen LogP contribution in [0.4, 0.5) is 4.39 Å². The lowest BCUT2D eigenvalue weighted by molar-refractivity contribution is 0.431. The smallest absolute Gasteiger partial charge is 0.281 e. The molecule has 2 aromatic heterocycles. The van der Waals surface area contributed by atoms with Crippen molar-refractivity contribution in [2.45, 2.75) is 6.92 Å². The zero-order valence-electron chi connectivity index (χ0n) is 16.0. The van der Waals surface area contributed by atoms with Gasteiger partial charge in [-0.25, -0.2) is 9.07 Å². The summed E-state index contributed by atoms with van der Waals surface area (Å²) in [4.78, 5) is 4.53. The average molecular weight is 396 g/mol. The van der Waals surface area contributed by atoms with Gasteiger partial charge in [-0.2, -0.15) is 4.98 Å². The van der Waals surface area contributed by atoms with E-state index in [0.717, 1.165) is 16.7 Å². The highest BCUT2D eigenvalue weighted by atomic mass is 19.1. The summed E-state index contributed by atoms with van der Waals surface area (Å²) >= 11 is 0. The summed E-state index contributed by atoms with van der Waals surface area (Å²) in [5.41, 5.74) is 3.84. The third kappa shape index (κ3) is 3.06. The number of para-hydroxylation sites is 1. The Morgan fingerprint density at radius 2 is 1.80 bits per heavy atom. The molecule has 0 bridgehead atoms. The van der Waals surface area contributed by atoms with Gasteiger partial charge in [0.1, 0.15) is 17.2 Å². The van der Waals surface area contributed by atoms with E-state index in [9.17, 15) is 4.39 Å². The van der Waals surface area contributed by atoms with Crippen molar-refractivity contribution in [1.29, 1.82) is 0 Å². The van der Waals surface area contributed by atoms with Crippen LogP contribution in [-0.2, 0) is 0 Å². The molecule has 0 saturated carbocycles. The maximum absolute atomic E-state index is 14.5. The normalized spacial score (nSPS) is 11.0. The SMILES string of the molecule is Cc1c[c]ccc1-c1noc(-c2nnn(-c3ccccc3F)c2-c2ccccc2)n1. The second-order valence-corrected chi connectivity index (χ2v) is 6.68. The summed E-state index contributed by atoms with van der Waals surface area (Å²) in [7, 11) is 0. The Morgan fingerprint density at radius 3 is 2.60 bits per heavy atom. The number of aryl methyl sites for hydroxylation is 1. The minimum Gasteiger partial charge on any atom is -0.332 e. The Kier molecular flexibility index (Phi) is 4.40. The minimum atomic E-state index is -0.409. The summed E-state index contributed by atoms with van der Waals surface area (Å²) in [5.74, 6) is 0.239. The summed E-state index contributed by atoms with van der Waals surface area (Å²) in [6, 6.07) is 24.4. The van der Waals surface area contributed by atoms with Crippen molar-refractivity contribution >= 4 is 0 Å². The van der Waals surface area contributed by atoms with Crippen LogP contribution in [0.1, 0.15) is 5.56 Å². The quantitative estimate of drug-likeness (QED) is 0.432. The number of nitrogens with zero attached hydrogens (tertiary/aromatic N) is 5. The first-order valence-corrected chi connectivity index (χ1v) is 9.29. The highest BCUT2D eigenvalue weighted by Crippen LogP contribution is 2.33. The third-order valence-electron chi connectivity index (χ3n) is 4.74. The predicted octanol–water partition coefficient (Wildman–Crippen LogP) is 4.90. The third-order valence-corrected chi connectivity index (χ3v) is 4.74. The van der Waals surface area contributed by atoms with Crippen LogP contribution in [0.3, 0.4) is 0 Å². The fourth-order valence-corrected chi connectivity index (χ4v) is 3.27. The van der Waals surface area contributed by atoms with Crippen molar-refractivity contribution in [2.24, 2.45) is 0 Å². The van der Waals surface area contributed by atoms with E-state index in [1.54, 1.807) is 24.3 Å². The van der Waals surface area contributed by atoms with E-state index < -0.39 is 5.82 Å². The first-order chi connectivity index (χ1) is 14.7. The molecule has 30 heavy (non-hydrogen) atoms. The number of aromatic nitrogens is 5. The Morgan fingerprint density at radius 1 is 1.00 bits per heavy atom. The minimum absolute atomic E-state index is 0.207. The van der Waals surface area contributed by atoms with E-state index in [0.29, 0.717) is 17.2 Å². The van der Waals surface area contributed by atoms with Gasteiger partial charge in [0.05, 0.1) is 0 Å². The Bertz CT molecular complexity index is 1330. The molecule has 0 atom stereocenters. The molecule has 145 valence electrons. The zero-order valence-corrected chi connectivity index (χ0v) is 16.0. The molecule has 0 unspecified atom stereocenters. The van der Waals surface area contributed by atoms with Gasteiger partial charge in [-0.15, -0.1) is 5.10 Å². The maximum atomic E-state index is 14.5. The predicted molar refractivity (Wildman–Crippen MR) is 109 cm³/mol. The van der Waals surface area contributed by atoms with E-state index >= 15 is 0 Å². The molecule has 7 heteroatoms. The summed E-state index contributed by atoms with van der Waals surface area (Å²) in [6.45, 7) is 1.95. The fraction of sp³-hybridized carbons (Fsp3) is 0.0435. The standard InChI is InChI=1S/C23H15FN5O/c1-15-9-5-6-12-17(15)22-25-23(30-27-22)20-21(16-10-3-2-4-11-16)29(28-26-20)19-14-8-7-13-18(19)24/h2-4,6-14H,1H3. The van der Waals surface area contributed by atoms with Gasteiger partial charge in [0.2, 0.25) is 5.82 Å². The number of benzene rings is 3. The van der Waals surface area contributed by atoms with Crippen LogP contribution in [0.2, 0.25) is 0 Å². The number of halogens is 1. The van der Waals surface area contributed by atoms with Crippen molar-refractivity contribution < 1.29 is 8.91 Å². The summed E-state index contributed by atoms with van der Waals surface area (Å²) in [6.07, 6.45) is 0. The molecule has 1 radical (unpaired) electrons. The molecule has 5 aromatic rings. The van der Waals surface area contributed by atoms with Crippen LogP contribution in [0.5, 0.6) is 0 Å². The highest BCUT2D eigenvalue weighted by Gasteiger charge is 2.24. The lowest BCUT2D eigenvalue weighted by atomic mass is 10.1. The maximum Gasteiger partial charge on any atom is 0.281 e. The molecule has 3 aromatic carbocycles. The van der Waals surface area contributed by atoms with Crippen molar-refractivity contribution in [3.8, 4) is 39.9 Å². The van der Waals surface area contributed by atoms with E-state index in [1.807, 2.05) is 49.4 Å². The van der Waals surface area contributed by atoms with Gasteiger partial charge in [0.15, 0.2) is 5.69 Å². The van der Waals surface area contributed by atoms with Gasteiger partial charge in [0.25, 0.3) is 5.89 Å². The first kappa shape index (κ1) is 17.9. The fourth-order valence-electron chi connectivity index (χ4n) is 3.27. The molecule has 0 saturated heterocycles. The Balaban J connectivity index is 1.69. The van der Waals surface area contributed by atoms with Crippen LogP contribution < -0.4 is 0 Å². The molecule has 0 fully saturated rings. The number of hydrogen-bond donors (Lipinski definition) is 0. The van der Waals surface area contributed by atoms with E-state index in [-0.39, 0.29) is 11.6 Å². The van der Waals surface area contributed by atoms with Crippen LogP contribution >= 0.6 is 0 Å². The highest BCUT2D eigenvalue weighted by molar-refractivity contribution is 5.76. The molecule has 0 N–H and O–H groups in total. The molecule has 0 amide bonds. The van der Waals surface area contributed by atoms with Gasteiger partial charge in [-0.1, -0.05) is 71.0 Å². The molecule has 0 aliphatic rings. The topological polar surface area (TPSA) is 69.6 Å². The molecule has 0 aliphatic carbocycles. The number of rotatable bonds is 4. The van der Waals surface area contributed by atoms with Crippen LogP contribution in [0, 0.1) is 18.8 Å². The Labute approximate surface area is 171 Å². The van der Waals surface area contributed by atoms with Crippen LogP contribution in [-0.4, -0.2) is 25.1 Å². The molecule has 5 rings (SSSR count). The van der Waals surface area contributed by atoms with Gasteiger partial charge < -0.3 is 4.52 Å². The molecular weight excluding hydrogens is 381 g/mol. The van der Waals surface area contributed by atoms with E-state index in [1.165, 1.54) is 10.7 Å². The summed E-state index contributed by atoms with van der Waals surface area (Å²) < 4.78 is 21.5. The zero-order chi connectivity index (χ0) is 20.5. The molecule has 0 aliphatic heterocycles. The van der Waals surface area contributed by atoms with Crippen molar-refractivity contribution in [3.05, 3.63) is 90.2 Å². The van der Waals surface area contributed by atoms with Gasteiger partial charge in [0, 0.05) is 11.1 Å². The van der Waals surface area contributed by atoms with Gasteiger partial charge in [-0.3, -0.25) is 0 Å². The summed E-state index contributed by atoms with van der Waals surface area (Å²) in [5, 5.41) is 12.6. The molecule has 2 heterocycles. The number of hydrogen-bond acceptors (Lipinski definition) is 5. The first-order valence-electron chi connectivity index (χ1n) is 9.29. The van der Waals surface area contributed by atoms with Crippen LogP contribution in [0.25, 0.3) is 39.9 Å². The van der Waals surface area contributed by atoms with Crippen molar-refractivity contribution in [3.63, 3.8) is 0 Å². The van der Waals surface area contributed by atoms with Gasteiger partial charge in [-0.05, 0) is 30.7 Å². The Hall–Kier alpha value is -4.13. The van der Waals surface area contributed by atoms with Crippen LogP contribution in [0.15, 0.2) is 77.3 Å². The lowest BCUT2D eigenvalue weighted by Crippen LogP contribution is -2.02. The average Bonchev–Trinajstić information content (AvgIpc) is 3.42.